The molecule has 0 radical (unpaired) electrons. The maximum atomic E-state index is 12.9. The molecule has 0 saturated heterocycles. The summed E-state index contributed by atoms with van der Waals surface area (Å²) in [6.45, 7) is 0. The van der Waals surface area contributed by atoms with Crippen molar-refractivity contribution in [3.05, 3.63) is 57.4 Å². The Hall–Kier alpha value is -4.06. The van der Waals surface area contributed by atoms with Crippen LogP contribution in [-0.2, 0) is 18.9 Å². The van der Waals surface area contributed by atoms with E-state index in [-0.39, 0.29) is 33.5 Å². The summed E-state index contributed by atoms with van der Waals surface area (Å²) in [6, 6.07) is 8.37. The second kappa shape index (κ2) is 9.43. The Morgan fingerprint density at radius 1 is 1.12 bits per heavy atom. The van der Waals surface area contributed by atoms with Gasteiger partial charge in [-0.25, -0.2) is 14.8 Å². The van der Waals surface area contributed by atoms with Crippen molar-refractivity contribution in [3.63, 3.8) is 0 Å². The highest BCUT2D eigenvalue weighted by Gasteiger charge is 2.20. The number of hydrogen-bond donors (Lipinski definition) is 1. The van der Waals surface area contributed by atoms with Gasteiger partial charge in [-0.1, -0.05) is 11.8 Å². The number of benzene rings is 1. The molecule has 176 valence electrons. The monoisotopic (exact) mass is 483 g/mol. The van der Waals surface area contributed by atoms with Gasteiger partial charge in [-0.3, -0.25) is 18.7 Å². The number of ether oxygens (including phenoxy) is 2. The molecule has 0 spiro atoms. The quantitative estimate of drug-likeness (QED) is 0.310. The van der Waals surface area contributed by atoms with Gasteiger partial charge in [0.15, 0.2) is 17.2 Å². The van der Waals surface area contributed by atoms with Gasteiger partial charge in [0.05, 0.1) is 31.9 Å². The van der Waals surface area contributed by atoms with Gasteiger partial charge in [-0.15, -0.1) is 0 Å². The summed E-state index contributed by atoms with van der Waals surface area (Å²) in [6.07, 6.45) is 1.47. The van der Waals surface area contributed by atoms with Crippen LogP contribution >= 0.6 is 11.8 Å². The van der Waals surface area contributed by atoms with Crippen LogP contribution < -0.4 is 26.0 Å². The summed E-state index contributed by atoms with van der Waals surface area (Å²) in [4.78, 5) is 46.9. The average Bonchev–Trinajstić information content (AvgIpc) is 3.39. The van der Waals surface area contributed by atoms with Crippen molar-refractivity contribution in [2.75, 3.05) is 25.3 Å². The third-order valence-corrected chi connectivity index (χ3v) is 6.00. The largest absolute Gasteiger partial charge is 0.497 e. The molecular formula is C22H21N5O6S. The molecule has 0 aliphatic carbocycles. The lowest BCUT2D eigenvalue weighted by Gasteiger charge is -2.13. The molecule has 1 aromatic carbocycles. The summed E-state index contributed by atoms with van der Waals surface area (Å²) < 4.78 is 18.1. The molecule has 34 heavy (non-hydrogen) atoms. The lowest BCUT2D eigenvalue weighted by atomic mass is 10.2. The highest BCUT2D eigenvalue weighted by Crippen LogP contribution is 2.30. The minimum atomic E-state index is -0.554. The number of carbonyl (C=O) groups is 1. The first-order valence-corrected chi connectivity index (χ1v) is 11.0. The van der Waals surface area contributed by atoms with Crippen molar-refractivity contribution in [3.8, 4) is 23.1 Å². The number of carbonyl (C=O) groups excluding carboxylic acids is 1. The van der Waals surface area contributed by atoms with Crippen LogP contribution in [0.5, 0.6) is 11.5 Å². The fourth-order valence-corrected chi connectivity index (χ4v) is 4.10. The van der Waals surface area contributed by atoms with Crippen LogP contribution in [0.4, 0.5) is 5.69 Å². The average molecular weight is 484 g/mol. The van der Waals surface area contributed by atoms with Gasteiger partial charge >= 0.3 is 5.69 Å². The van der Waals surface area contributed by atoms with Crippen LogP contribution in [0.25, 0.3) is 22.6 Å². The highest BCUT2D eigenvalue weighted by atomic mass is 32.2. The van der Waals surface area contributed by atoms with Crippen molar-refractivity contribution in [2.24, 2.45) is 14.1 Å². The predicted molar refractivity (Wildman–Crippen MR) is 127 cm³/mol. The molecule has 1 N–H and O–H groups in total. The molecule has 4 rings (SSSR count). The van der Waals surface area contributed by atoms with E-state index >= 15 is 0 Å². The van der Waals surface area contributed by atoms with Crippen LogP contribution in [0.15, 0.2) is 55.6 Å². The van der Waals surface area contributed by atoms with Crippen molar-refractivity contribution in [2.45, 2.75) is 5.03 Å². The molecule has 3 aromatic heterocycles. The molecule has 0 bridgehead atoms. The summed E-state index contributed by atoms with van der Waals surface area (Å²) in [5, 5.41) is 3.16. The van der Waals surface area contributed by atoms with E-state index in [0.29, 0.717) is 22.9 Å². The van der Waals surface area contributed by atoms with Crippen molar-refractivity contribution in [1.29, 1.82) is 0 Å². The molecule has 0 aliphatic heterocycles. The summed E-state index contributed by atoms with van der Waals surface area (Å²) >= 11 is 1.04. The minimum absolute atomic E-state index is 0.0733. The van der Waals surface area contributed by atoms with Gasteiger partial charge in [0.25, 0.3) is 5.56 Å². The van der Waals surface area contributed by atoms with Crippen molar-refractivity contribution < 1.29 is 18.7 Å². The van der Waals surface area contributed by atoms with Gasteiger partial charge in [0.2, 0.25) is 5.91 Å². The molecule has 0 unspecified atom stereocenters. The number of aryl methyl sites for hydroxylation is 1. The summed E-state index contributed by atoms with van der Waals surface area (Å²) in [7, 11) is 5.91. The van der Waals surface area contributed by atoms with Gasteiger partial charge in [-0.2, -0.15) is 0 Å². The number of fused-ring (bicyclic) bond motifs is 1. The third kappa shape index (κ3) is 4.27. The van der Waals surface area contributed by atoms with Crippen LogP contribution in [0.1, 0.15) is 0 Å². The highest BCUT2D eigenvalue weighted by molar-refractivity contribution is 8.00. The van der Waals surface area contributed by atoms with E-state index in [1.165, 1.54) is 39.1 Å². The first-order valence-electron chi connectivity index (χ1n) is 10.00. The molecular weight excluding hydrogens is 462 g/mol. The van der Waals surface area contributed by atoms with Crippen molar-refractivity contribution >= 4 is 34.4 Å². The molecule has 11 nitrogen and oxygen atoms in total. The number of furan rings is 1. The number of nitrogens with one attached hydrogen (secondary N) is 1. The molecule has 1 amide bonds. The number of methoxy groups -OCH3 is 2. The molecule has 0 atom stereocenters. The van der Waals surface area contributed by atoms with Gasteiger partial charge in [0, 0.05) is 20.2 Å². The standard InChI is InChI=1S/C22H21N5O6S/c1-26-19-17(21(29)27(2)22(26)30)20(25-18(24-19)15-6-5-9-33-15)34-11-16(28)23-13-10-12(31-3)7-8-14(13)32-4/h5-10H,11H2,1-4H3,(H,23,28). The Bertz CT molecular complexity index is 1490. The summed E-state index contributed by atoms with van der Waals surface area (Å²) in [5.41, 5.74) is -0.497. The van der Waals surface area contributed by atoms with E-state index in [4.69, 9.17) is 13.9 Å². The predicted octanol–water partition coefficient (Wildman–Crippen LogP) is 2.04. The van der Waals surface area contributed by atoms with E-state index in [0.717, 1.165) is 16.3 Å². The van der Waals surface area contributed by atoms with Crippen LogP contribution in [0, 0.1) is 0 Å². The first-order chi connectivity index (χ1) is 16.3. The number of hydrogen-bond acceptors (Lipinski definition) is 9. The molecule has 0 fully saturated rings. The number of thioether (sulfide) groups is 1. The zero-order chi connectivity index (χ0) is 24.4. The zero-order valence-corrected chi connectivity index (χ0v) is 19.6. The zero-order valence-electron chi connectivity index (χ0n) is 18.8. The lowest BCUT2D eigenvalue weighted by Crippen LogP contribution is -2.37. The molecule has 0 saturated carbocycles. The topological polar surface area (TPSA) is 130 Å². The maximum absolute atomic E-state index is 12.9. The van der Waals surface area contributed by atoms with E-state index < -0.39 is 11.2 Å². The van der Waals surface area contributed by atoms with E-state index in [2.05, 4.69) is 15.3 Å². The van der Waals surface area contributed by atoms with Gasteiger partial charge in [0.1, 0.15) is 21.9 Å². The van der Waals surface area contributed by atoms with Gasteiger partial charge < -0.3 is 19.2 Å². The summed E-state index contributed by atoms with van der Waals surface area (Å²) in [5.74, 6) is 1.15. The maximum Gasteiger partial charge on any atom is 0.332 e. The Labute approximate surface area is 197 Å². The van der Waals surface area contributed by atoms with Gasteiger partial charge in [-0.05, 0) is 24.3 Å². The Morgan fingerprint density at radius 2 is 1.91 bits per heavy atom. The number of rotatable bonds is 7. The second-order valence-corrected chi connectivity index (χ2v) is 8.10. The smallest absolute Gasteiger partial charge is 0.332 e. The molecule has 3 heterocycles. The van der Waals surface area contributed by atoms with Crippen LogP contribution in [0.3, 0.4) is 0 Å². The van der Waals surface area contributed by atoms with E-state index in [1.54, 1.807) is 30.3 Å². The first kappa shape index (κ1) is 23.1. The van der Waals surface area contributed by atoms with E-state index in [9.17, 15) is 14.4 Å². The third-order valence-electron chi connectivity index (χ3n) is 5.03. The SMILES string of the molecule is COc1ccc(OC)c(NC(=O)CSc2nc(-c3ccco3)nc3c2c(=O)n(C)c(=O)n3C)c1. The number of amides is 1. The Kier molecular flexibility index (Phi) is 6.41. The normalized spacial score (nSPS) is 10.9. The van der Waals surface area contributed by atoms with E-state index in [1.807, 2.05) is 0 Å². The van der Waals surface area contributed by atoms with Crippen LogP contribution in [-0.4, -0.2) is 45.0 Å². The molecule has 12 heteroatoms. The van der Waals surface area contributed by atoms with Crippen molar-refractivity contribution in [1.82, 2.24) is 19.1 Å². The molecule has 4 aromatic rings. The van der Waals surface area contributed by atoms with Crippen LogP contribution in [0.2, 0.25) is 0 Å². The minimum Gasteiger partial charge on any atom is -0.497 e. The fourth-order valence-electron chi connectivity index (χ4n) is 3.28. The number of nitrogens with zero attached hydrogens (tertiary/aromatic N) is 4. The lowest BCUT2D eigenvalue weighted by molar-refractivity contribution is -0.113. The molecule has 0 aliphatic rings. The Balaban J connectivity index is 1.71. The fraction of sp³-hybridized carbons (Fsp3) is 0.227. The number of aromatic nitrogens is 4. The Morgan fingerprint density at radius 3 is 2.59 bits per heavy atom. The number of anilines is 1. The second-order valence-electron chi connectivity index (χ2n) is 7.14.